The van der Waals surface area contributed by atoms with Crippen LogP contribution in [0.5, 0.6) is 0 Å². The van der Waals surface area contributed by atoms with Gasteiger partial charge in [0.05, 0.1) is 6.42 Å². The van der Waals surface area contributed by atoms with Gasteiger partial charge in [0, 0.05) is 6.54 Å². The van der Waals surface area contributed by atoms with Gasteiger partial charge in [-0.1, -0.05) is 12.1 Å². The number of carbonyl (C=O) groups is 1. The van der Waals surface area contributed by atoms with Gasteiger partial charge in [0.15, 0.2) is 0 Å². The van der Waals surface area contributed by atoms with Crippen molar-refractivity contribution >= 4 is 5.91 Å². The molecule has 1 aromatic rings. The lowest BCUT2D eigenvalue weighted by Crippen LogP contribution is -2.32. The van der Waals surface area contributed by atoms with Gasteiger partial charge in [-0.25, -0.2) is 4.39 Å². The minimum atomic E-state index is -0.279. The van der Waals surface area contributed by atoms with Gasteiger partial charge in [0.25, 0.3) is 0 Å². The van der Waals surface area contributed by atoms with E-state index in [1.807, 2.05) is 0 Å². The number of rotatable bonds is 6. The Hall–Kier alpha value is -1.42. The Balaban J connectivity index is 1.77. The number of benzene rings is 1. The van der Waals surface area contributed by atoms with Crippen LogP contribution in [-0.4, -0.2) is 19.0 Å². The van der Waals surface area contributed by atoms with Gasteiger partial charge in [-0.3, -0.25) is 4.79 Å². The van der Waals surface area contributed by atoms with Crippen LogP contribution in [-0.2, 0) is 11.2 Å². The molecule has 98 valence electrons. The van der Waals surface area contributed by atoms with Gasteiger partial charge >= 0.3 is 0 Å². The third-order valence-corrected chi connectivity index (χ3v) is 3.57. The lowest BCUT2D eigenvalue weighted by Gasteiger charge is -2.14. The third-order valence-electron chi connectivity index (χ3n) is 3.57. The van der Waals surface area contributed by atoms with Crippen LogP contribution in [0, 0.1) is 11.2 Å². The van der Waals surface area contributed by atoms with Crippen molar-refractivity contribution in [3.05, 3.63) is 35.6 Å². The zero-order valence-electron chi connectivity index (χ0n) is 10.4. The van der Waals surface area contributed by atoms with Crippen LogP contribution in [0.25, 0.3) is 0 Å². The Kier molecular flexibility index (Phi) is 3.97. The molecular weight excluding hydrogens is 231 g/mol. The molecule has 0 heterocycles. The molecule has 18 heavy (non-hydrogen) atoms. The molecule has 0 bridgehead atoms. The molecule has 0 spiro atoms. The van der Waals surface area contributed by atoms with Gasteiger partial charge in [-0.15, -0.1) is 0 Å². The Morgan fingerprint density at radius 2 is 2.00 bits per heavy atom. The molecule has 0 aliphatic heterocycles. The van der Waals surface area contributed by atoms with E-state index in [4.69, 9.17) is 5.73 Å². The fourth-order valence-corrected chi connectivity index (χ4v) is 2.13. The molecule has 3 N–H and O–H groups in total. The number of halogens is 1. The largest absolute Gasteiger partial charge is 0.355 e. The molecule has 0 unspecified atom stereocenters. The van der Waals surface area contributed by atoms with E-state index >= 15 is 0 Å². The molecule has 0 saturated heterocycles. The zero-order valence-corrected chi connectivity index (χ0v) is 10.4. The van der Waals surface area contributed by atoms with E-state index in [9.17, 15) is 9.18 Å². The van der Waals surface area contributed by atoms with Gasteiger partial charge in [-0.05, 0) is 48.9 Å². The Morgan fingerprint density at radius 3 is 2.56 bits per heavy atom. The monoisotopic (exact) mass is 250 g/mol. The highest BCUT2D eigenvalue weighted by molar-refractivity contribution is 5.78. The number of hydrogen-bond acceptors (Lipinski definition) is 2. The predicted molar refractivity (Wildman–Crippen MR) is 68.5 cm³/mol. The maximum atomic E-state index is 12.7. The van der Waals surface area contributed by atoms with Gasteiger partial charge in [0.2, 0.25) is 5.91 Å². The fraction of sp³-hybridized carbons (Fsp3) is 0.500. The Morgan fingerprint density at radius 1 is 1.33 bits per heavy atom. The van der Waals surface area contributed by atoms with Crippen molar-refractivity contribution in [1.82, 2.24) is 5.32 Å². The summed E-state index contributed by atoms with van der Waals surface area (Å²) in [4.78, 5) is 11.7. The molecule has 1 aromatic carbocycles. The predicted octanol–water partition coefficient (Wildman–Crippen LogP) is 1.61. The SMILES string of the molecule is NCCC1(CNC(=O)Cc2ccc(F)cc2)CC1. The minimum absolute atomic E-state index is 0.00935. The second-order valence-corrected chi connectivity index (χ2v) is 5.12. The molecule has 1 saturated carbocycles. The summed E-state index contributed by atoms with van der Waals surface area (Å²) >= 11 is 0. The lowest BCUT2D eigenvalue weighted by atomic mass is 10.0. The molecule has 0 aromatic heterocycles. The summed E-state index contributed by atoms with van der Waals surface area (Å²) in [5, 5.41) is 2.95. The van der Waals surface area contributed by atoms with E-state index in [0.29, 0.717) is 19.5 Å². The van der Waals surface area contributed by atoms with Crippen molar-refractivity contribution in [2.45, 2.75) is 25.7 Å². The van der Waals surface area contributed by atoms with Crippen LogP contribution >= 0.6 is 0 Å². The highest BCUT2D eigenvalue weighted by Crippen LogP contribution is 2.47. The van der Waals surface area contributed by atoms with Crippen LogP contribution < -0.4 is 11.1 Å². The van der Waals surface area contributed by atoms with Crippen molar-refractivity contribution in [3.8, 4) is 0 Å². The molecule has 0 radical (unpaired) electrons. The molecule has 1 aliphatic rings. The van der Waals surface area contributed by atoms with Gasteiger partial charge in [-0.2, -0.15) is 0 Å². The van der Waals surface area contributed by atoms with Crippen LogP contribution in [0.1, 0.15) is 24.8 Å². The molecule has 1 aliphatic carbocycles. The second kappa shape index (κ2) is 5.48. The highest BCUT2D eigenvalue weighted by Gasteiger charge is 2.41. The summed E-state index contributed by atoms with van der Waals surface area (Å²) in [6, 6.07) is 6.03. The third kappa shape index (κ3) is 3.53. The fourth-order valence-electron chi connectivity index (χ4n) is 2.13. The normalized spacial score (nSPS) is 16.3. The molecular formula is C14H19FN2O. The van der Waals surface area contributed by atoms with Crippen molar-refractivity contribution in [3.63, 3.8) is 0 Å². The number of carbonyl (C=O) groups excluding carboxylic acids is 1. The highest BCUT2D eigenvalue weighted by atomic mass is 19.1. The number of nitrogens with one attached hydrogen (secondary N) is 1. The van der Waals surface area contributed by atoms with Gasteiger partial charge < -0.3 is 11.1 Å². The number of hydrogen-bond donors (Lipinski definition) is 2. The van der Waals surface area contributed by atoms with E-state index < -0.39 is 0 Å². The average Bonchev–Trinajstić information content (AvgIpc) is 3.11. The van der Waals surface area contributed by atoms with Crippen LogP contribution in [0.4, 0.5) is 4.39 Å². The van der Waals surface area contributed by atoms with Crippen LogP contribution in [0.2, 0.25) is 0 Å². The van der Waals surface area contributed by atoms with Crippen molar-refractivity contribution in [2.75, 3.05) is 13.1 Å². The average molecular weight is 250 g/mol. The maximum Gasteiger partial charge on any atom is 0.224 e. The summed E-state index contributed by atoms with van der Waals surface area (Å²) in [5.41, 5.74) is 6.64. The van der Waals surface area contributed by atoms with E-state index in [1.165, 1.54) is 12.1 Å². The molecule has 2 rings (SSSR count). The van der Waals surface area contributed by atoms with Crippen molar-refractivity contribution in [2.24, 2.45) is 11.1 Å². The maximum absolute atomic E-state index is 12.7. The van der Waals surface area contributed by atoms with E-state index in [1.54, 1.807) is 12.1 Å². The number of amides is 1. The topological polar surface area (TPSA) is 55.1 Å². The molecule has 4 heteroatoms. The smallest absolute Gasteiger partial charge is 0.224 e. The Bertz CT molecular complexity index is 412. The van der Waals surface area contributed by atoms with Crippen LogP contribution in [0.3, 0.4) is 0 Å². The molecule has 1 fully saturated rings. The molecule has 1 amide bonds. The zero-order chi connectivity index (χ0) is 13.0. The Labute approximate surface area is 107 Å². The first kappa shape index (κ1) is 13.0. The second-order valence-electron chi connectivity index (χ2n) is 5.12. The van der Waals surface area contributed by atoms with E-state index in [2.05, 4.69) is 5.32 Å². The summed E-state index contributed by atoms with van der Waals surface area (Å²) in [6.07, 6.45) is 3.59. The first-order chi connectivity index (χ1) is 8.63. The summed E-state index contributed by atoms with van der Waals surface area (Å²) in [7, 11) is 0. The van der Waals surface area contributed by atoms with Gasteiger partial charge in [0.1, 0.15) is 5.82 Å². The van der Waals surface area contributed by atoms with E-state index in [-0.39, 0.29) is 17.1 Å². The van der Waals surface area contributed by atoms with Crippen molar-refractivity contribution in [1.29, 1.82) is 0 Å². The quantitative estimate of drug-likeness (QED) is 0.806. The summed E-state index contributed by atoms with van der Waals surface area (Å²) in [6.45, 7) is 1.39. The summed E-state index contributed by atoms with van der Waals surface area (Å²) in [5.74, 6) is -0.288. The first-order valence-corrected chi connectivity index (χ1v) is 6.35. The lowest BCUT2D eigenvalue weighted by molar-refractivity contribution is -0.120. The van der Waals surface area contributed by atoms with Crippen molar-refractivity contribution < 1.29 is 9.18 Å². The number of nitrogens with two attached hydrogens (primary N) is 1. The standard InChI is InChI=1S/C14H19FN2O/c15-12-3-1-11(2-4-12)9-13(18)17-10-14(5-6-14)7-8-16/h1-4H,5-10,16H2,(H,17,18). The van der Waals surface area contributed by atoms with E-state index in [0.717, 1.165) is 24.8 Å². The summed E-state index contributed by atoms with van der Waals surface area (Å²) < 4.78 is 12.7. The molecule has 0 atom stereocenters. The molecule has 3 nitrogen and oxygen atoms in total. The first-order valence-electron chi connectivity index (χ1n) is 6.35. The van der Waals surface area contributed by atoms with Crippen LogP contribution in [0.15, 0.2) is 24.3 Å². The minimum Gasteiger partial charge on any atom is -0.355 e.